The van der Waals surface area contributed by atoms with E-state index in [1.54, 1.807) is 4.90 Å². The summed E-state index contributed by atoms with van der Waals surface area (Å²) < 4.78 is 11.9. The summed E-state index contributed by atoms with van der Waals surface area (Å²) in [6, 6.07) is 25.2. The predicted octanol–water partition coefficient (Wildman–Crippen LogP) is 5.74. The maximum atomic E-state index is 13.7. The van der Waals surface area contributed by atoms with Gasteiger partial charge in [0.25, 0.3) is 0 Å². The van der Waals surface area contributed by atoms with Crippen LogP contribution in [0, 0.1) is 0 Å². The van der Waals surface area contributed by atoms with Crippen molar-refractivity contribution in [1.29, 1.82) is 0 Å². The van der Waals surface area contributed by atoms with Crippen molar-refractivity contribution in [3.63, 3.8) is 0 Å². The number of aryl methyl sites for hydroxylation is 1. The molecule has 1 fully saturated rings. The molecule has 4 rings (SSSR count). The number of hydrogen-bond acceptors (Lipinski definition) is 5. The molecule has 3 amide bonds. The number of nitrogens with zero attached hydrogens (tertiary/aromatic N) is 2. The van der Waals surface area contributed by atoms with E-state index in [0.29, 0.717) is 56.9 Å². The summed E-state index contributed by atoms with van der Waals surface area (Å²) in [6.45, 7) is 8.71. The minimum Gasteiger partial charge on any atom is -0.457 e. The Kier molecular flexibility index (Phi) is 10.2. The lowest BCUT2D eigenvalue weighted by atomic mass is 10.0. The van der Waals surface area contributed by atoms with E-state index in [1.165, 1.54) is 6.92 Å². The van der Waals surface area contributed by atoms with Crippen molar-refractivity contribution in [3.8, 4) is 11.5 Å². The average Bonchev–Trinajstić information content (AvgIpc) is 2.95. The molecule has 0 spiro atoms. The summed E-state index contributed by atoms with van der Waals surface area (Å²) in [7, 11) is 0. The second-order valence-corrected chi connectivity index (χ2v) is 11.6. The number of hydrogen-bond donors (Lipinski definition) is 1. The summed E-state index contributed by atoms with van der Waals surface area (Å²) >= 11 is 0. The van der Waals surface area contributed by atoms with Gasteiger partial charge in [-0.1, -0.05) is 66.7 Å². The number of carbonyl (C=O) groups is 3. The van der Waals surface area contributed by atoms with E-state index in [9.17, 15) is 14.4 Å². The van der Waals surface area contributed by atoms with Crippen molar-refractivity contribution in [3.05, 3.63) is 95.6 Å². The largest absolute Gasteiger partial charge is 0.457 e. The van der Waals surface area contributed by atoms with Crippen molar-refractivity contribution in [2.45, 2.75) is 65.1 Å². The van der Waals surface area contributed by atoms with Crippen LogP contribution in [0.1, 0.15) is 50.8 Å². The Hall–Kier alpha value is -4.33. The van der Waals surface area contributed by atoms with Gasteiger partial charge >= 0.3 is 6.09 Å². The topological polar surface area (TPSA) is 88.2 Å². The van der Waals surface area contributed by atoms with Crippen LogP contribution in [-0.2, 0) is 33.7 Å². The number of ether oxygens (including phenoxy) is 2. The molecule has 3 aromatic carbocycles. The van der Waals surface area contributed by atoms with Gasteiger partial charge in [-0.05, 0) is 56.9 Å². The van der Waals surface area contributed by atoms with E-state index in [0.717, 1.165) is 16.7 Å². The SMILES string of the molecule is CC(=O)NCc1ccccc1Oc1ccccc1CCC(=O)N1CCN(C(=O)OC(C)(C)C)CC1Cc1ccccc1. The molecule has 1 saturated heterocycles. The van der Waals surface area contributed by atoms with Crippen LogP contribution >= 0.6 is 0 Å². The molecule has 0 aromatic heterocycles. The lowest BCUT2D eigenvalue weighted by Gasteiger charge is -2.42. The highest BCUT2D eigenvalue weighted by Crippen LogP contribution is 2.29. The van der Waals surface area contributed by atoms with Gasteiger partial charge in [-0.2, -0.15) is 0 Å². The van der Waals surface area contributed by atoms with Gasteiger partial charge in [0.15, 0.2) is 0 Å². The predicted molar refractivity (Wildman–Crippen MR) is 162 cm³/mol. The van der Waals surface area contributed by atoms with Gasteiger partial charge in [0.05, 0.1) is 6.04 Å². The van der Waals surface area contributed by atoms with E-state index in [1.807, 2.05) is 105 Å². The number of amides is 3. The van der Waals surface area contributed by atoms with E-state index < -0.39 is 5.60 Å². The number of nitrogens with one attached hydrogen (secondary N) is 1. The molecule has 1 N–H and O–H groups in total. The van der Waals surface area contributed by atoms with E-state index >= 15 is 0 Å². The highest BCUT2D eigenvalue weighted by atomic mass is 16.6. The van der Waals surface area contributed by atoms with E-state index in [4.69, 9.17) is 9.47 Å². The number of benzene rings is 3. The zero-order valence-corrected chi connectivity index (χ0v) is 25.0. The van der Waals surface area contributed by atoms with Gasteiger partial charge in [-0.25, -0.2) is 4.79 Å². The van der Waals surface area contributed by atoms with Crippen molar-refractivity contribution < 1.29 is 23.9 Å². The number of para-hydroxylation sites is 2. The molecule has 222 valence electrons. The Labute approximate surface area is 248 Å². The molecule has 0 aliphatic carbocycles. The second kappa shape index (κ2) is 14.0. The van der Waals surface area contributed by atoms with Crippen molar-refractivity contribution >= 4 is 17.9 Å². The quantitative estimate of drug-likeness (QED) is 0.354. The molecule has 1 heterocycles. The first-order valence-corrected chi connectivity index (χ1v) is 14.5. The average molecular weight is 572 g/mol. The Morgan fingerprint density at radius 3 is 2.14 bits per heavy atom. The van der Waals surface area contributed by atoms with Crippen LogP contribution < -0.4 is 10.1 Å². The minimum absolute atomic E-state index is 0.0423. The number of rotatable bonds is 9. The molecule has 0 bridgehead atoms. The second-order valence-electron chi connectivity index (χ2n) is 11.6. The normalized spacial score (nSPS) is 15.2. The maximum absolute atomic E-state index is 13.7. The highest BCUT2D eigenvalue weighted by Gasteiger charge is 2.34. The van der Waals surface area contributed by atoms with Crippen molar-refractivity contribution in [1.82, 2.24) is 15.1 Å². The van der Waals surface area contributed by atoms with Gasteiger partial charge < -0.3 is 24.6 Å². The summed E-state index contributed by atoms with van der Waals surface area (Å²) in [5.74, 6) is 1.27. The van der Waals surface area contributed by atoms with Gasteiger partial charge in [-0.15, -0.1) is 0 Å². The third-order valence-corrected chi connectivity index (χ3v) is 7.07. The zero-order chi connectivity index (χ0) is 30.1. The van der Waals surface area contributed by atoms with Crippen LogP contribution in [0.4, 0.5) is 4.79 Å². The standard InChI is InChI=1S/C34H41N3O5/c1-25(38)35-23-28-15-9-11-17-31(28)41-30-16-10-8-14-27(30)18-19-32(39)37-21-20-36(33(40)42-34(2,3)4)24-29(37)22-26-12-6-5-7-13-26/h5-17,29H,18-24H2,1-4H3,(H,35,38). The van der Waals surface area contributed by atoms with Gasteiger partial charge in [-0.3, -0.25) is 9.59 Å². The summed E-state index contributed by atoms with van der Waals surface area (Å²) in [4.78, 5) is 41.6. The number of carbonyl (C=O) groups excluding carboxylic acids is 3. The third kappa shape index (κ3) is 8.83. The summed E-state index contributed by atoms with van der Waals surface area (Å²) in [6.07, 6.45) is 1.12. The molecule has 1 unspecified atom stereocenters. The number of piperazine rings is 1. The summed E-state index contributed by atoms with van der Waals surface area (Å²) in [5, 5.41) is 2.82. The molecule has 8 heteroatoms. The van der Waals surface area contributed by atoms with Crippen molar-refractivity contribution in [2.24, 2.45) is 0 Å². The van der Waals surface area contributed by atoms with Crippen LogP contribution in [0.3, 0.4) is 0 Å². The Balaban J connectivity index is 1.45. The third-order valence-electron chi connectivity index (χ3n) is 7.07. The fourth-order valence-corrected chi connectivity index (χ4v) is 5.02. The molecule has 8 nitrogen and oxygen atoms in total. The molecule has 0 saturated carbocycles. The smallest absolute Gasteiger partial charge is 0.410 e. The molecular weight excluding hydrogens is 530 g/mol. The monoisotopic (exact) mass is 571 g/mol. The van der Waals surface area contributed by atoms with Crippen molar-refractivity contribution in [2.75, 3.05) is 19.6 Å². The Bertz CT molecular complexity index is 1370. The molecule has 42 heavy (non-hydrogen) atoms. The summed E-state index contributed by atoms with van der Waals surface area (Å²) in [5.41, 5.74) is 2.32. The van der Waals surface area contributed by atoms with Gasteiger partial charge in [0.1, 0.15) is 17.1 Å². The van der Waals surface area contributed by atoms with E-state index in [2.05, 4.69) is 5.32 Å². The first-order chi connectivity index (χ1) is 20.1. The lowest BCUT2D eigenvalue weighted by molar-refractivity contribution is -0.136. The van der Waals surface area contributed by atoms with Crippen LogP contribution in [0.2, 0.25) is 0 Å². The first-order valence-electron chi connectivity index (χ1n) is 14.5. The molecule has 3 aromatic rings. The van der Waals surface area contributed by atoms with Gasteiger partial charge in [0, 0.05) is 45.1 Å². The highest BCUT2D eigenvalue weighted by molar-refractivity contribution is 5.78. The molecule has 0 radical (unpaired) electrons. The molecule has 1 atom stereocenters. The van der Waals surface area contributed by atoms with E-state index in [-0.39, 0.29) is 23.9 Å². The van der Waals surface area contributed by atoms with Gasteiger partial charge in [0.2, 0.25) is 11.8 Å². The molecule has 1 aliphatic heterocycles. The van der Waals surface area contributed by atoms with Crippen LogP contribution in [0.5, 0.6) is 11.5 Å². The first kappa shape index (κ1) is 30.6. The zero-order valence-electron chi connectivity index (χ0n) is 25.0. The Morgan fingerprint density at radius 1 is 0.857 bits per heavy atom. The Morgan fingerprint density at radius 2 is 1.48 bits per heavy atom. The van der Waals surface area contributed by atoms with Crippen LogP contribution in [-0.4, -0.2) is 59.0 Å². The molecule has 1 aliphatic rings. The molecular formula is C34H41N3O5. The van der Waals surface area contributed by atoms with Crippen LogP contribution in [0.25, 0.3) is 0 Å². The fourth-order valence-electron chi connectivity index (χ4n) is 5.02. The fraction of sp³-hybridized carbons (Fsp3) is 0.382. The lowest BCUT2D eigenvalue weighted by Crippen LogP contribution is -2.57. The minimum atomic E-state index is -0.584. The van der Waals surface area contributed by atoms with Crippen LogP contribution in [0.15, 0.2) is 78.9 Å². The maximum Gasteiger partial charge on any atom is 0.410 e.